The Morgan fingerprint density at radius 2 is 1.39 bits per heavy atom. The zero-order valence-corrected chi connectivity index (χ0v) is 24.1. The Morgan fingerprint density at radius 1 is 0.868 bits per heavy atom. The van der Waals surface area contributed by atoms with Crippen LogP contribution in [0.4, 0.5) is 0 Å². The number of hydrogen-bond donors (Lipinski definition) is 2. The molecule has 1 unspecified atom stereocenters. The van der Waals surface area contributed by atoms with Crippen LogP contribution in [0.2, 0.25) is 0 Å². The van der Waals surface area contributed by atoms with Gasteiger partial charge in [-0.25, -0.2) is 0 Å². The van der Waals surface area contributed by atoms with Crippen molar-refractivity contribution in [3.8, 4) is 11.5 Å². The summed E-state index contributed by atoms with van der Waals surface area (Å²) in [5.41, 5.74) is -0.0958. The third-order valence-electron chi connectivity index (χ3n) is 5.62. The third-order valence-corrected chi connectivity index (χ3v) is 5.62. The van der Waals surface area contributed by atoms with Gasteiger partial charge >= 0.3 is 23.9 Å². The molecule has 0 aliphatic heterocycles. The first kappa shape index (κ1) is 33.1. The number of aliphatic carboxylic acids is 1. The summed E-state index contributed by atoms with van der Waals surface area (Å²) in [6.45, 7) is 15.1. The maximum absolute atomic E-state index is 12.4. The van der Waals surface area contributed by atoms with Gasteiger partial charge in [0.1, 0.15) is 12.1 Å². The smallest absolute Gasteiger partial charge is 0.321 e. The van der Waals surface area contributed by atoms with Gasteiger partial charge in [-0.2, -0.15) is 0 Å². The number of carbonyl (C=O) groups excluding carboxylic acids is 3. The lowest BCUT2D eigenvalue weighted by molar-refractivity contribution is -0.157. The normalized spacial score (nSPS) is 13.2. The molecule has 2 N–H and O–H groups in total. The quantitative estimate of drug-likeness (QED) is 0.237. The molecule has 0 aromatic heterocycles. The molecule has 0 bridgehead atoms. The van der Waals surface area contributed by atoms with Gasteiger partial charge < -0.3 is 24.6 Å². The average Bonchev–Trinajstić information content (AvgIpc) is 2.79. The van der Waals surface area contributed by atoms with Crippen molar-refractivity contribution in [3.05, 3.63) is 23.8 Å². The highest BCUT2D eigenvalue weighted by Gasteiger charge is 2.26. The molecular weight excluding hydrogens is 490 g/mol. The van der Waals surface area contributed by atoms with Gasteiger partial charge in [-0.05, 0) is 76.5 Å². The fraction of sp³-hybridized carbons (Fsp3) is 0.655. The van der Waals surface area contributed by atoms with E-state index in [1.54, 1.807) is 33.8 Å². The van der Waals surface area contributed by atoms with Crippen molar-refractivity contribution in [3.63, 3.8) is 0 Å². The minimum Gasteiger partial charge on any atom is -0.480 e. The molecule has 0 aliphatic carbocycles. The SMILES string of the molecule is CC(C)CCC(=O)Oc1ccc(C[C@H](NCC(C)OC(=O)C(C)(C)C)C(=O)O)cc1OC(=O)CCC(C)C. The molecular formula is C29H45NO8. The van der Waals surface area contributed by atoms with Crippen LogP contribution in [0.1, 0.15) is 86.6 Å². The van der Waals surface area contributed by atoms with Crippen LogP contribution in [0.25, 0.3) is 0 Å². The van der Waals surface area contributed by atoms with E-state index in [9.17, 15) is 24.3 Å². The van der Waals surface area contributed by atoms with E-state index in [0.29, 0.717) is 30.2 Å². The average molecular weight is 536 g/mol. The van der Waals surface area contributed by atoms with Gasteiger partial charge in [-0.15, -0.1) is 0 Å². The van der Waals surface area contributed by atoms with Crippen LogP contribution in [0.3, 0.4) is 0 Å². The Labute approximate surface area is 226 Å². The van der Waals surface area contributed by atoms with Crippen molar-refractivity contribution in [2.24, 2.45) is 17.3 Å². The van der Waals surface area contributed by atoms with Crippen LogP contribution >= 0.6 is 0 Å². The Kier molecular flexibility index (Phi) is 13.5. The second-order valence-electron chi connectivity index (χ2n) is 11.6. The highest BCUT2D eigenvalue weighted by Crippen LogP contribution is 2.30. The van der Waals surface area contributed by atoms with E-state index < -0.39 is 35.5 Å². The number of hydrogen-bond acceptors (Lipinski definition) is 8. The lowest BCUT2D eigenvalue weighted by Crippen LogP contribution is -2.43. The van der Waals surface area contributed by atoms with Crippen LogP contribution in [0.5, 0.6) is 11.5 Å². The van der Waals surface area contributed by atoms with E-state index in [0.717, 1.165) is 0 Å². The highest BCUT2D eigenvalue weighted by molar-refractivity contribution is 5.77. The molecule has 1 aromatic rings. The molecule has 0 heterocycles. The molecule has 2 atom stereocenters. The summed E-state index contributed by atoms with van der Waals surface area (Å²) in [6.07, 6.45) is 1.26. The second kappa shape index (κ2) is 15.5. The zero-order chi connectivity index (χ0) is 29.0. The van der Waals surface area contributed by atoms with Crippen molar-refractivity contribution < 1.29 is 38.5 Å². The lowest BCUT2D eigenvalue weighted by atomic mass is 9.97. The summed E-state index contributed by atoms with van der Waals surface area (Å²) >= 11 is 0. The predicted octanol–water partition coefficient (Wildman–Crippen LogP) is 4.93. The number of carboxylic acids is 1. The largest absolute Gasteiger partial charge is 0.480 e. The highest BCUT2D eigenvalue weighted by atomic mass is 16.6. The first-order valence-corrected chi connectivity index (χ1v) is 13.3. The topological polar surface area (TPSA) is 128 Å². The van der Waals surface area contributed by atoms with Gasteiger partial charge in [0, 0.05) is 19.4 Å². The number of carbonyl (C=O) groups is 4. The van der Waals surface area contributed by atoms with Crippen molar-refractivity contribution in [2.75, 3.05) is 6.54 Å². The summed E-state index contributed by atoms with van der Waals surface area (Å²) in [7, 11) is 0. The number of nitrogens with one attached hydrogen (secondary N) is 1. The van der Waals surface area contributed by atoms with Crippen molar-refractivity contribution in [1.82, 2.24) is 5.32 Å². The molecule has 0 aliphatic rings. The second-order valence-corrected chi connectivity index (χ2v) is 11.6. The molecule has 1 rings (SSSR count). The first-order valence-electron chi connectivity index (χ1n) is 13.3. The van der Waals surface area contributed by atoms with Crippen molar-refractivity contribution in [2.45, 2.75) is 99.6 Å². The molecule has 1 aromatic carbocycles. The van der Waals surface area contributed by atoms with E-state index in [1.165, 1.54) is 12.1 Å². The van der Waals surface area contributed by atoms with Gasteiger partial charge in [0.05, 0.1) is 5.41 Å². The Morgan fingerprint density at radius 3 is 1.87 bits per heavy atom. The van der Waals surface area contributed by atoms with Gasteiger partial charge in [0.25, 0.3) is 0 Å². The molecule has 38 heavy (non-hydrogen) atoms. The van der Waals surface area contributed by atoms with Crippen LogP contribution in [-0.4, -0.2) is 47.7 Å². The third kappa shape index (κ3) is 13.0. The summed E-state index contributed by atoms with van der Waals surface area (Å²) in [5.74, 6) is -1.52. The number of esters is 3. The molecule has 0 spiro atoms. The summed E-state index contributed by atoms with van der Waals surface area (Å²) in [6, 6.07) is 3.69. The maximum atomic E-state index is 12.4. The Hall–Kier alpha value is -2.94. The van der Waals surface area contributed by atoms with Gasteiger partial charge in [-0.3, -0.25) is 19.2 Å². The van der Waals surface area contributed by atoms with Crippen LogP contribution in [0, 0.1) is 17.3 Å². The van der Waals surface area contributed by atoms with Crippen molar-refractivity contribution in [1.29, 1.82) is 0 Å². The fourth-order valence-electron chi connectivity index (χ4n) is 3.20. The van der Waals surface area contributed by atoms with E-state index >= 15 is 0 Å². The summed E-state index contributed by atoms with van der Waals surface area (Å²) < 4.78 is 16.4. The van der Waals surface area contributed by atoms with Gasteiger partial charge in [-0.1, -0.05) is 33.8 Å². The van der Waals surface area contributed by atoms with E-state index in [2.05, 4.69) is 5.32 Å². The van der Waals surface area contributed by atoms with E-state index in [-0.39, 0.29) is 43.3 Å². The van der Waals surface area contributed by atoms with Gasteiger partial charge in [0.15, 0.2) is 11.5 Å². The number of benzene rings is 1. The minimum absolute atomic E-state index is 0.0629. The monoisotopic (exact) mass is 535 g/mol. The molecule has 9 heteroatoms. The standard InChI is InChI=1S/C29H45NO8/c1-18(2)9-13-25(31)37-23-12-11-21(16-24(23)38-26(32)14-10-19(3)4)15-22(27(33)34)30-17-20(5)36-28(35)29(6,7)8/h11-12,16,18-20,22,30H,9-10,13-15,17H2,1-8H3,(H,33,34)/t20?,22-/m0/s1. The van der Waals surface area contributed by atoms with Crippen LogP contribution < -0.4 is 14.8 Å². The molecule has 214 valence electrons. The van der Waals surface area contributed by atoms with E-state index in [4.69, 9.17) is 14.2 Å². The molecule has 9 nitrogen and oxygen atoms in total. The molecule has 0 fully saturated rings. The summed E-state index contributed by atoms with van der Waals surface area (Å²) in [5, 5.41) is 12.7. The van der Waals surface area contributed by atoms with E-state index in [1.807, 2.05) is 27.7 Å². The predicted molar refractivity (Wildman–Crippen MR) is 144 cm³/mol. The number of carboxylic acid groups (broad SMARTS) is 1. The van der Waals surface area contributed by atoms with Crippen molar-refractivity contribution >= 4 is 23.9 Å². The van der Waals surface area contributed by atoms with Crippen LogP contribution in [0.15, 0.2) is 18.2 Å². The minimum atomic E-state index is -1.08. The maximum Gasteiger partial charge on any atom is 0.321 e. The van der Waals surface area contributed by atoms with Gasteiger partial charge in [0.2, 0.25) is 0 Å². The molecule has 0 saturated heterocycles. The lowest BCUT2D eigenvalue weighted by Gasteiger charge is -2.23. The Balaban J connectivity index is 3.02. The number of ether oxygens (including phenoxy) is 3. The Bertz CT molecular complexity index is 948. The summed E-state index contributed by atoms with van der Waals surface area (Å²) in [4.78, 5) is 48.8. The zero-order valence-electron chi connectivity index (χ0n) is 24.1. The first-order chi connectivity index (χ1) is 17.6. The molecule has 0 radical (unpaired) electrons. The van der Waals surface area contributed by atoms with Crippen LogP contribution in [-0.2, 0) is 30.3 Å². The fourth-order valence-corrected chi connectivity index (χ4v) is 3.20. The molecule has 0 amide bonds. The molecule has 0 saturated carbocycles. The number of rotatable bonds is 15.